The number of hydrogen-bond donors (Lipinski definition) is 2. The van der Waals surface area contributed by atoms with Crippen LogP contribution in [0.4, 0.5) is 0 Å². The second kappa shape index (κ2) is 8.02. The molecule has 4 rings (SSSR count). The van der Waals surface area contributed by atoms with Crippen molar-refractivity contribution in [1.29, 1.82) is 0 Å². The van der Waals surface area contributed by atoms with E-state index in [4.69, 9.17) is 0 Å². The zero-order valence-electron chi connectivity index (χ0n) is 16.0. The van der Waals surface area contributed by atoms with Crippen molar-refractivity contribution in [2.75, 3.05) is 0 Å². The van der Waals surface area contributed by atoms with Gasteiger partial charge in [0.1, 0.15) is 5.75 Å². The third-order valence-electron chi connectivity index (χ3n) is 4.94. The minimum absolute atomic E-state index is 0.0740. The van der Waals surface area contributed by atoms with Crippen LogP contribution in [0.25, 0.3) is 10.9 Å². The molecule has 5 heteroatoms. The Kier molecular flexibility index (Phi) is 5.12. The van der Waals surface area contributed by atoms with Crippen molar-refractivity contribution in [3.63, 3.8) is 0 Å². The van der Waals surface area contributed by atoms with Crippen molar-refractivity contribution in [3.8, 4) is 5.75 Å². The van der Waals surface area contributed by atoms with E-state index in [1.165, 1.54) is 17.2 Å². The smallest absolute Gasteiger partial charge is 0.275 e. The van der Waals surface area contributed by atoms with Gasteiger partial charge in [0.25, 0.3) is 5.91 Å². The number of aromatic hydroxyl groups is 1. The fourth-order valence-electron chi connectivity index (χ4n) is 3.37. The van der Waals surface area contributed by atoms with E-state index in [0.29, 0.717) is 0 Å². The average molecular weight is 383 g/mol. The van der Waals surface area contributed by atoms with Crippen molar-refractivity contribution >= 4 is 23.0 Å². The summed E-state index contributed by atoms with van der Waals surface area (Å²) in [6.45, 7) is 2.86. The topological polar surface area (TPSA) is 66.6 Å². The van der Waals surface area contributed by atoms with Crippen molar-refractivity contribution in [1.82, 2.24) is 9.99 Å². The molecule has 4 aromatic rings. The molecule has 1 heterocycles. The number of fused-ring (bicyclic) bond motifs is 1. The number of benzene rings is 3. The number of aromatic nitrogens is 1. The van der Waals surface area contributed by atoms with Gasteiger partial charge in [-0.3, -0.25) is 4.79 Å². The van der Waals surface area contributed by atoms with E-state index in [9.17, 15) is 9.90 Å². The SMILES string of the molecule is Cc1ccccc1Cn1cc(/C=N\NC(=O)c2ccccc2O)c2ccccc21. The van der Waals surface area contributed by atoms with E-state index in [1.807, 2.05) is 36.5 Å². The van der Waals surface area contributed by atoms with Gasteiger partial charge in [-0.2, -0.15) is 5.10 Å². The highest BCUT2D eigenvalue weighted by molar-refractivity contribution is 6.01. The number of nitrogens with zero attached hydrogens (tertiary/aromatic N) is 2. The standard InChI is InChI=1S/C24H21N3O2/c1-17-8-2-3-9-18(17)15-27-16-19(20-10-4-6-12-22(20)27)14-25-26-24(29)21-11-5-7-13-23(21)28/h2-14,16,28H,15H2,1H3,(H,26,29)/b25-14-. The number of carbonyl (C=O) groups is 1. The second-order valence-electron chi connectivity index (χ2n) is 6.87. The summed E-state index contributed by atoms with van der Waals surface area (Å²) in [6, 6.07) is 22.8. The zero-order chi connectivity index (χ0) is 20.2. The van der Waals surface area contributed by atoms with Gasteiger partial charge in [-0.25, -0.2) is 5.43 Å². The molecule has 1 amide bonds. The Morgan fingerprint density at radius 3 is 2.59 bits per heavy atom. The van der Waals surface area contributed by atoms with Gasteiger partial charge in [-0.15, -0.1) is 0 Å². The molecule has 0 aliphatic rings. The first-order valence-corrected chi connectivity index (χ1v) is 9.37. The maximum atomic E-state index is 12.2. The Morgan fingerprint density at radius 1 is 1.03 bits per heavy atom. The van der Waals surface area contributed by atoms with Gasteiger partial charge in [-0.05, 0) is 36.2 Å². The van der Waals surface area contributed by atoms with E-state index < -0.39 is 5.91 Å². The van der Waals surface area contributed by atoms with Gasteiger partial charge in [0.05, 0.1) is 11.8 Å². The first kappa shape index (κ1) is 18.5. The molecule has 5 nitrogen and oxygen atoms in total. The zero-order valence-corrected chi connectivity index (χ0v) is 16.0. The molecule has 0 unspecified atom stereocenters. The molecule has 2 N–H and O–H groups in total. The summed E-state index contributed by atoms with van der Waals surface area (Å²) in [5.74, 6) is -0.530. The summed E-state index contributed by atoms with van der Waals surface area (Å²) >= 11 is 0. The number of hydrogen-bond acceptors (Lipinski definition) is 3. The molecular weight excluding hydrogens is 362 g/mol. The van der Waals surface area contributed by atoms with Crippen LogP contribution in [0.1, 0.15) is 27.0 Å². The van der Waals surface area contributed by atoms with Crippen LogP contribution in [0, 0.1) is 6.92 Å². The van der Waals surface area contributed by atoms with Crippen molar-refractivity contribution in [3.05, 3.63) is 101 Å². The molecule has 0 atom stereocenters. The van der Waals surface area contributed by atoms with Gasteiger partial charge >= 0.3 is 0 Å². The maximum absolute atomic E-state index is 12.2. The maximum Gasteiger partial charge on any atom is 0.275 e. The summed E-state index contributed by atoms with van der Waals surface area (Å²) in [4.78, 5) is 12.2. The monoisotopic (exact) mass is 383 g/mol. The first-order chi connectivity index (χ1) is 14.1. The number of para-hydroxylation sites is 2. The lowest BCUT2D eigenvalue weighted by Crippen LogP contribution is -2.17. The van der Waals surface area contributed by atoms with Gasteiger partial charge in [-0.1, -0.05) is 54.6 Å². The minimum atomic E-state index is -0.456. The molecule has 0 aliphatic carbocycles. The summed E-state index contributed by atoms with van der Waals surface area (Å²) in [7, 11) is 0. The number of aryl methyl sites for hydroxylation is 1. The number of amides is 1. The molecule has 0 spiro atoms. The molecule has 0 aliphatic heterocycles. The molecule has 0 radical (unpaired) electrons. The van der Waals surface area contributed by atoms with Gasteiger partial charge in [0, 0.05) is 29.2 Å². The van der Waals surface area contributed by atoms with Crippen molar-refractivity contribution < 1.29 is 9.90 Å². The summed E-state index contributed by atoms with van der Waals surface area (Å²) in [5, 5.41) is 14.9. The molecule has 0 saturated carbocycles. The molecule has 0 saturated heterocycles. The number of rotatable bonds is 5. The Hall–Kier alpha value is -3.86. The highest BCUT2D eigenvalue weighted by Crippen LogP contribution is 2.22. The Balaban J connectivity index is 1.59. The van der Waals surface area contributed by atoms with Crippen molar-refractivity contribution in [2.45, 2.75) is 13.5 Å². The van der Waals surface area contributed by atoms with Crippen LogP contribution in [-0.4, -0.2) is 21.8 Å². The van der Waals surface area contributed by atoms with Crippen LogP contribution in [0.15, 0.2) is 84.1 Å². The lowest BCUT2D eigenvalue weighted by Gasteiger charge is -2.08. The van der Waals surface area contributed by atoms with Crippen LogP contribution in [0.2, 0.25) is 0 Å². The van der Waals surface area contributed by atoms with Crippen LogP contribution >= 0.6 is 0 Å². The third-order valence-corrected chi connectivity index (χ3v) is 4.94. The first-order valence-electron chi connectivity index (χ1n) is 9.37. The van der Waals surface area contributed by atoms with E-state index in [-0.39, 0.29) is 11.3 Å². The normalized spacial score (nSPS) is 11.2. The molecule has 1 aromatic heterocycles. The second-order valence-corrected chi connectivity index (χ2v) is 6.87. The van der Waals surface area contributed by atoms with Gasteiger partial charge in [0.15, 0.2) is 0 Å². The van der Waals surface area contributed by atoms with Crippen molar-refractivity contribution in [2.24, 2.45) is 5.10 Å². The fourth-order valence-corrected chi connectivity index (χ4v) is 3.37. The van der Waals surface area contributed by atoms with E-state index in [2.05, 4.69) is 40.2 Å². The summed E-state index contributed by atoms with van der Waals surface area (Å²) < 4.78 is 2.18. The lowest BCUT2D eigenvalue weighted by atomic mass is 10.1. The Morgan fingerprint density at radius 2 is 1.76 bits per heavy atom. The van der Waals surface area contributed by atoms with Crippen LogP contribution in [0.3, 0.4) is 0 Å². The highest BCUT2D eigenvalue weighted by atomic mass is 16.3. The minimum Gasteiger partial charge on any atom is -0.507 e. The molecule has 29 heavy (non-hydrogen) atoms. The fraction of sp³-hybridized carbons (Fsp3) is 0.0833. The number of carbonyl (C=O) groups excluding carboxylic acids is 1. The largest absolute Gasteiger partial charge is 0.507 e. The predicted octanol–water partition coefficient (Wildman–Crippen LogP) is 4.47. The predicted molar refractivity (Wildman–Crippen MR) is 115 cm³/mol. The van der Waals surface area contributed by atoms with Crippen LogP contribution in [0.5, 0.6) is 5.75 Å². The van der Waals surface area contributed by atoms with Crippen LogP contribution < -0.4 is 5.43 Å². The van der Waals surface area contributed by atoms with Crippen LogP contribution in [-0.2, 0) is 6.54 Å². The molecule has 3 aromatic carbocycles. The van der Waals surface area contributed by atoms with E-state index in [0.717, 1.165) is 23.0 Å². The Labute approximate surface area is 168 Å². The number of hydrazone groups is 1. The van der Waals surface area contributed by atoms with E-state index in [1.54, 1.807) is 24.4 Å². The highest BCUT2D eigenvalue weighted by Gasteiger charge is 2.10. The van der Waals surface area contributed by atoms with Gasteiger partial charge in [0.2, 0.25) is 0 Å². The number of phenolic OH excluding ortho intramolecular Hbond substituents is 1. The summed E-state index contributed by atoms with van der Waals surface area (Å²) in [5.41, 5.74) is 7.18. The number of phenols is 1. The molecular formula is C24H21N3O2. The van der Waals surface area contributed by atoms with E-state index >= 15 is 0 Å². The third kappa shape index (κ3) is 3.89. The Bertz CT molecular complexity index is 1210. The average Bonchev–Trinajstić information content (AvgIpc) is 3.08. The quantitative estimate of drug-likeness (QED) is 0.394. The molecule has 0 bridgehead atoms. The lowest BCUT2D eigenvalue weighted by molar-refractivity contribution is 0.0952. The molecule has 0 fully saturated rings. The molecule has 144 valence electrons. The van der Waals surface area contributed by atoms with Gasteiger partial charge < -0.3 is 9.67 Å². The number of nitrogens with one attached hydrogen (secondary N) is 1. The summed E-state index contributed by atoms with van der Waals surface area (Å²) in [6.07, 6.45) is 3.67.